The summed E-state index contributed by atoms with van der Waals surface area (Å²) in [5.74, 6) is -0.0301. The number of nitrogens with one attached hydrogen (secondary N) is 1. The van der Waals surface area contributed by atoms with Crippen molar-refractivity contribution < 1.29 is 4.79 Å². The van der Waals surface area contributed by atoms with E-state index in [1.165, 1.54) is 0 Å². The van der Waals surface area contributed by atoms with E-state index >= 15 is 0 Å². The third-order valence-corrected chi connectivity index (χ3v) is 4.60. The van der Waals surface area contributed by atoms with E-state index < -0.39 is 0 Å². The molecule has 4 rings (SSSR count). The summed E-state index contributed by atoms with van der Waals surface area (Å²) in [5.41, 5.74) is 1.99. The smallest absolute Gasteiger partial charge is 0.270 e. The Balaban J connectivity index is 1.53. The van der Waals surface area contributed by atoms with Crippen LogP contribution in [-0.4, -0.2) is 38.7 Å². The van der Waals surface area contributed by atoms with Gasteiger partial charge in [-0.15, -0.1) is 0 Å². The second-order valence-corrected chi connectivity index (χ2v) is 6.37. The van der Waals surface area contributed by atoms with Crippen LogP contribution in [0.15, 0.2) is 36.7 Å². The summed E-state index contributed by atoms with van der Waals surface area (Å²) in [4.78, 5) is 17.7. The van der Waals surface area contributed by atoms with Crippen LogP contribution in [0.1, 0.15) is 28.5 Å². The summed E-state index contributed by atoms with van der Waals surface area (Å²) in [7, 11) is 0. The van der Waals surface area contributed by atoms with Crippen molar-refractivity contribution in [1.82, 2.24) is 19.7 Å². The number of carbonyl (C=O) groups is 1. The molecule has 1 amide bonds. The zero-order valence-electron chi connectivity index (χ0n) is 12.7. The van der Waals surface area contributed by atoms with Gasteiger partial charge in [-0.1, -0.05) is 11.6 Å². The van der Waals surface area contributed by atoms with E-state index in [4.69, 9.17) is 16.9 Å². The second-order valence-electron chi connectivity index (χ2n) is 5.93. The van der Waals surface area contributed by atoms with Crippen LogP contribution in [0.4, 0.5) is 0 Å². The molecule has 1 aliphatic heterocycles. The normalized spacial score (nSPS) is 17.3. The Morgan fingerprint density at radius 3 is 3.08 bits per heavy atom. The van der Waals surface area contributed by atoms with Crippen LogP contribution in [-0.2, 0) is 0 Å². The highest BCUT2D eigenvalue weighted by atomic mass is 35.5. The van der Waals surface area contributed by atoms with Gasteiger partial charge in [-0.2, -0.15) is 10.4 Å². The molecule has 1 aliphatic rings. The fourth-order valence-corrected chi connectivity index (χ4v) is 3.31. The first-order chi connectivity index (χ1) is 11.6. The van der Waals surface area contributed by atoms with Crippen LogP contribution in [0.5, 0.6) is 0 Å². The molecule has 120 valence electrons. The summed E-state index contributed by atoms with van der Waals surface area (Å²) in [6.07, 6.45) is 4.10. The molecule has 0 bridgehead atoms. The van der Waals surface area contributed by atoms with Crippen molar-refractivity contribution >= 4 is 28.4 Å². The number of fused-ring (bicyclic) bond motifs is 1. The zero-order chi connectivity index (χ0) is 16.7. The molecule has 0 radical (unpaired) electrons. The minimum Gasteiger partial charge on any atom is -0.351 e. The number of aromatic nitrogens is 3. The standard InChI is InChI=1S/C17H14ClN5O/c18-13-1-2-15-12(5-13)6-16(21-15)17(24)22-4-3-14(10-22)23-9-11(7-19)8-20-23/h1-2,5-6,8-9,14,21H,3-4,10H2. The molecule has 0 aliphatic carbocycles. The molecule has 2 aromatic heterocycles. The monoisotopic (exact) mass is 339 g/mol. The topological polar surface area (TPSA) is 77.7 Å². The Kier molecular flexibility index (Phi) is 3.51. The van der Waals surface area contributed by atoms with Gasteiger partial charge in [0, 0.05) is 35.2 Å². The fourth-order valence-electron chi connectivity index (χ4n) is 3.13. The first-order valence-corrected chi connectivity index (χ1v) is 8.03. The molecule has 3 heterocycles. The minimum atomic E-state index is -0.0301. The van der Waals surface area contributed by atoms with Crippen molar-refractivity contribution in [3.05, 3.63) is 52.9 Å². The zero-order valence-corrected chi connectivity index (χ0v) is 13.5. The van der Waals surface area contributed by atoms with Crippen LogP contribution in [0.25, 0.3) is 10.9 Å². The molecule has 1 unspecified atom stereocenters. The van der Waals surface area contributed by atoms with E-state index in [-0.39, 0.29) is 11.9 Å². The molecule has 0 saturated carbocycles. The molecular formula is C17H14ClN5O. The van der Waals surface area contributed by atoms with Gasteiger partial charge in [-0.25, -0.2) is 0 Å². The molecule has 1 atom stereocenters. The number of benzene rings is 1. The van der Waals surface area contributed by atoms with Gasteiger partial charge >= 0.3 is 0 Å². The maximum Gasteiger partial charge on any atom is 0.270 e. The number of halogens is 1. The largest absolute Gasteiger partial charge is 0.351 e. The Morgan fingerprint density at radius 1 is 1.42 bits per heavy atom. The SMILES string of the molecule is N#Cc1cnn(C2CCN(C(=O)c3cc4cc(Cl)ccc4[nH]3)C2)c1. The molecule has 1 saturated heterocycles. The van der Waals surface area contributed by atoms with Gasteiger partial charge in [-0.05, 0) is 30.7 Å². The maximum atomic E-state index is 12.7. The van der Waals surface area contributed by atoms with Crippen LogP contribution in [0.2, 0.25) is 5.02 Å². The lowest BCUT2D eigenvalue weighted by molar-refractivity contribution is 0.0782. The summed E-state index contributed by atoms with van der Waals surface area (Å²) >= 11 is 5.99. The van der Waals surface area contributed by atoms with Gasteiger partial charge in [0.1, 0.15) is 11.8 Å². The average molecular weight is 340 g/mol. The van der Waals surface area contributed by atoms with Crippen molar-refractivity contribution in [2.75, 3.05) is 13.1 Å². The summed E-state index contributed by atoms with van der Waals surface area (Å²) in [6, 6.07) is 9.51. The Hall–Kier alpha value is -2.78. The number of rotatable bonds is 2. The van der Waals surface area contributed by atoms with E-state index in [0.717, 1.165) is 17.3 Å². The Labute approximate surface area is 143 Å². The van der Waals surface area contributed by atoms with Gasteiger partial charge in [0.05, 0.1) is 17.8 Å². The number of amides is 1. The van der Waals surface area contributed by atoms with Crippen molar-refractivity contribution in [3.8, 4) is 6.07 Å². The lowest BCUT2D eigenvalue weighted by atomic mass is 10.2. The molecule has 1 fully saturated rings. The number of aromatic amines is 1. The Morgan fingerprint density at radius 2 is 2.29 bits per heavy atom. The number of nitrogens with zero attached hydrogens (tertiary/aromatic N) is 4. The molecule has 6 nitrogen and oxygen atoms in total. The molecule has 0 spiro atoms. The maximum absolute atomic E-state index is 12.7. The third kappa shape index (κ3) is 2.53. The van der Waals surface area contributed by atoms with Gasteiger partial charge in [0.15, 0.2) is 0 Å². The number of H-pyrrole nitrogens is 1. The predicted molar refractivity (Wildman–Crippen MR) is 89.8 cm³/mol. The first-order valence-electron chi connectivity index (χ1n) is 7.66. The van der Waals surface area contributed by atoms with E-state index in [2.05, 4.69) is 16.2 Å². The minimum absolute atomic E-state index is 0.0301. The molecular weight excluding hydrogens is 326 g/mol. The highest BCUT2D eigenvalue weighted by Crippen LogP contribution is 2.25. The van der Waals surface area contributed by atoms with E-state index in [1.54, 1.807) is 23.1 Å². The summed E-state index contributed by atoms with van der Waals surface area (Å²) in [5, 5.41) is 14.7. The fraction of sp³-hybridized carbons (Fsp3) is 0.235. The van der Waals surface area contributed by atoms with Crippen LogP contribution in [0, 0.1) is 11.3 Å². The number of hydrogen-bond donors (Lipinski definition) is 1. The second kappa shape index (κ2) is 5.69. The number of likely N-dealkylation sites (tertiary alicyclic amines) is 1. The van der Waals surface area contributed by atoms with Gasteiger partial charge in [-0.3, -0.25) is 9.48 Å². The van der Waals surface area contributed by atoms with E-state index in [1.807, 2.05) is 23.1 Å². The van der Waals surface area contributed by atoms with Crippen LogP contribution >= 0.6 is 11.6 Å². The van der Waals surface area contributed by atoms with Crippen molar-refractivity contribution in [3.63, 3.8) is 0 Å². The van der Waals surface area contributed by atoms with E-state index in [9.17, 15) is 4.79 Å². The lowest BCUT2D eigenvalue weighted by Gasteiger charge is -2.15. The van der Waals surface area contributed by atoms with Crippen molar-refractivity contribution in [2.24, 2.45) is 0 Å². The summed E-state index contributed by atoms with van der Waals surface area (Å²) in [6.45, 7) is 1.25. The van der Waals surface area contributed by atoms with Gasteiger partial charge in [0.2, 0.25) is 0 Å². The molecule has 7 heteroatoms. The first kappa shape index (κ1) is 14.8. The van der Waals surface area contributed by atoms with Gasteiger partial charge in [0.25, 0.3) is 5.91 Å². The molecule has 1 aromatic carbocycles. The number of nitriles is 1. The summed E-state index contributed by atoms with van der Waals surface area (Å²) < 4.78 is 1.77. The highest BCUT2D eigenvalue weighted by molar-refractivity contribution is 6.31. The molecule has 1 N–H and O–H groups in total. The highest BCUT2D eigenvalue weighted by Gasteiger charge is 2.29. The van der Waals surface area contributed by atoms with Crippen molar-refractivity contribution in [1.29, 1.82) is 5.26 Å². The Bertz CT molecular complexity index is 967. The van der Waals surface area contributed by atoms with Crippen LogP contribution < -0.4 is 0 Å². The average Bonchev–Trinajstić information content (AvgIpc) is 3.31. The number of hydrogen-bond acceptors (Lipinski definition) is 3. The predicted octanol–water partition coefficient (Wildman–Crippen LogP) is 2.98. The van der Waals surface area contributed by atoms with Crippen LogP contribution in [0.3, 0.4) is 0 Å². The quantitative estimate of drug-likeness (QED) is 0.779. The number of carbonyl (C=O) groups excluding carboxylic acids is 1. The third-order valence-electron chi connectivity index (χ3n) is 4.37. The van der Waals surface area contributed by atoms with Gasteiger partial charge < -0.3 is 9.88 Å². The lowest BCUT2D eigenvalue weighted by Crippen LogP contribution is -2.29. The molecule has 24 heavy (non-hydrogen) atoms. The van der Waals surface area contributed by atoms with E-state index in [0.29, 0.717) is 29.4 Å². The molecule has 3 aromatic rings. The van der Waals surface area contributed by atoms with Crippen molar-refractivity contribution in [2.45, 2.75) is 12.5 Å².